The van der Waals surface area contributed by atoms with Crippen LogP contribution in [0.3, 0.4) is 0 Å². The molecule has 0 spiro atoms. The van der Waals surface area contributed by atoms with Crippen LogP contribution in [0.2, 0.25) is 5.02 Å². The standard InChI is InChI=1S/C33H21Br2ClF3N3O6/c1-16(43)47-25-11-10-17(13-26(25)46-2)32(45)48-30-18(12-19(34)14-23(30)35)15-40-42-31(44)29-27(20-6-3-4-9-24(20)36)21-7-5-8-22(28(21)41-29)33(37,38)39/h3-15,41H,1-2H3,(H,42,44). The van der Waals surface area contributed by atoms with E-state index in [0.717, 1.165) is 6.07 Å². The van der Waals surface area contributed by atoms with E-state index in [2.05, 4.69) is 47.4 Å². The Morgan fingerprint density at radius 2 is 1.71 bits per heavy atom. The molecule has 0 saturated carbocycles. The monoisotopic (exact) mass is 805 g/mol. The highest BCUT2D eigenvalue weighted by molar-refractivity contribution is 9.11. The molecule has 2 N–H and O–H groups in total. The number of nitrogens with zero attached hydrogens (tertiary/aromatic N) is 1. The lowest BCUT2D eigenvalue weighted by atomic mass is 10.00. The van der Waals surface area contributed by atoms with Gasteiger partial charge in [0.05, 0.1) is 34.4 Å². The zero-order valence-electron chi connectivity index (χ0n) is 24.7. The molecule has 0 aliphatic rings. The predicted octanol–water partition coefficient (Wildman–Crippen LogP) is 8.95. The molecule has 0 saturated heterocycles. The molecule has 1 heterocycles. The molecule has 5 aromatic rings. The minimum atomic E-state index is -4.70. The molecule has 0 bridgehead atoms. The van der Waals surface area contributed by atoms with E-state index in [1.54, 1.807) is 36.4 Å². The predicted molar refractivity (Wildman–Crippen MR) is 180 cm³/mol. The van der Waals surface area contributed by atoms with Gasteiger partial charge in [-0.1, -0.05) is 57.9 Å². The van der Waals surface area contributed by atoms with Crippen molar-refractivity contribution in [3.05, 3.63) is 109 Å². The largest absolute Gasteiger partial charge is 0.493 e. The molecule has 0 aliphatic heterocycles. The van der Waals surface area contributed by atoms with Crippen LogP contribution in [0.1, 0.15) is 38.9 Å². The average Bonchev–Trinajstić information content (AvgIpc) is 3.41. The van der Waals surface area contributed by atoms with Crippen molar-refractivity contribution in [2.24, 2.45) is 5.10 Å². The van der Waals surface area contributed by atoms with E-state index in [9.17, 15) is 27.6 Å². The number of alkyl halides is 3. The first-order valence-corrected chi connectivity index (χ1v) is 15.6. The van der Waals surface area contributed by atoms with Gasteiger partial charge in [0.25, 0.3) is 5.91 Å². The molecule has 15 heteroatoms. The Balaban J connectivity index is 1.47. The normalized spacial score (nSPS) is 11.5. The first-order valence-electron chi connectivity index (χ1n) is 13.7. The number of H-pyrrole nitrogens is 1. The van der Waals surface area contributed by atoms with Crippen molar-refractivity contribution in [2.45, 2.75) is 13.1 Å². The van der Waals surface area contributed by atoms with Gasteiger partial charge in [-0.2, -0.15) is 18.3 Å². The number of aromatic nitrogens is 1. The third kappa shape index (κ3) is 7.40. The van der Waals surface area contributed by atoms with Gasteiger partial charge < -0.3 is 19.2 Å². The Bertz CT molecular complexity index is 2120. The Hall–Kier alpha value is -4.66. The van der Waals surface area contributed by atoms with Gasteiger partial charge >= 0.3 is 18.1 Å². The number of nitrogens with one attached hydrogen (secondary N) is 2. The second kappa shape index (κ2) is 14.2. The van der Waals surface area contributed by atoms with Crippen LogP contribution >= 0.6 is 43.5 Å². The lowest BCUT2D eigenvalue weighted by Crippen LogP contribution is -2.19. The van der Waals surface area contributed by atoms with Crippen LogP contribution in [0.25, 0.3) is 22.0 Å². The van der Waals surface area contributed by atoms with Crippen LogP contribution < -0.4 is 19.6 Å². The van der Waals surface area contributed by atoms with Crippen LogP contribution in [0, 0.1) is 0 Å². The van der Waals surface area contributed by atoms with Gasteiger partial charge in [-0.15, -0.1) is 0 Å². The van der Waals surface area contributed by atoms with Crippen LogP contribution in [-0.4, -0.2) is 36.2 Å². The molecule has 9 nitrogen and oxygen atoms in total. The maximum Gasteiger partial charge on any atom is 0.418 e. The number of amides is 1. The summed E-state index contributed by atoms with van der Waals surface area (Å²) in [6.07, 6.45) is -3.51. The number of fused-ring (bicyclic) bond motifs is 1. The van der Waals surface area contributed by atoms with E-state index in [0.29, 0.717) is 14.5 Å². The number of ether oxygens (including phenoxy) is 3. The van der Waals surface area contributed by atoms with Crippen LogP contribution in [0.5, 0.6) is 17.2 Å². The quantitative estimate of drug-likeness (QED) is 0.0700. The molecular weight excluding hydrogens is 787 g/mol. The SMILES string of the molecule is COc1cc(C(=O)Oc2c(Br)cc(Br)cc2C=NNC(=O)c2[nH]c3c(C(F)(F)F)cccc3c2-c2ccccc2Cl)ccc1OC(C)=O. The summed E-state index contributed by atoms with van der Waals surface area (Å²) < 4.78 is 58.5. The van der Waals surface area contributed by atoms with Gasteiger partial charge in [0, 0.05) is 38.5 Å². The van der Waals surface area contributed by atoms with E-state index in [4.69, 9.17) is 25.8 Å². The molecular formula is C33H21Br2ClF3N3O6. The number of methoxy groups -OCH3 is 1. The molecule has 0 fully saturated rings. The summed E-state index contributed by atoms with van der Waals surface area (Å²) in [5.74, 6) is -1.98. The molecule has 1 aromatic heterocycles. The number of carbonyl (C=O) groups excluding carboxylic acids is 3. The fourth-order valence-corrected chi connectivity index (χ4v) is 6.32. The highest BCUT2D eigenvalue weighted by Gasteiger charge is 2.35. The van der Waals surface area contributed by atoms with Gasteiger partial charge in [-0.05, 0) is 58.4 Å². The summed E-state index contributed by atoms with van der Waals surface area (Å²) in [6, 6.07) is 17.3. The van der Waals surface area contributed by atoms with Crippen LogP contribution in [-0.2, 0) is 11.0 Å². The highest BCUT2D eigenvalue weighted by Crippen LogP contribution is 2.41. The van der Waals surface area contributed by atoms with Crippen molar-refractivity contribution in [3.8, 4) is 28.4 Å². The highest BCUT2D eigenvalue weighted by atomic mass is 79.9. The van der Waals surface area contributed by atoms with Crippen molar-refractivity contribution in [1.82, 2.24) is 10.4 Å². The summed E-state index contributed by atoms with van der Waals surface area (Å²) >= 11 is 13.1. The van der Waals surface area contributed by atoms with Gasteiger partial charge in [-0.3, -0.25) is 9.59 Å². The maximum absolute atomic E-state index is 13.9. The Morgan fingerprint density at radius 3 is 2.40 bits per heavy atom. The molecule has 4 aromatic carbocycles. The van der Waals surface area contributed by atoms with Crippen molar-refractivity contribution in [2.75, 3.05) is 7.11 Å². The lowest BCUT2D eigenvalue weighted by Gasteiger charge is -2.12. The Kier molecular flexibility index (Phi) is 10.3. The zero-order chi connectivity index (χ0) is 34.7. The number of para-hydroxylation sites is 1. The second-order valence-corrected chi connectivity index (χ2v) is 12.1. The first-order chi connectivity index (χ1) is 22.8. The second-order valence-electron chi connectivity index (χ2n) is 9.93. The average molecular weight is 808 g/mol. The minimum Gasteiger partial charge on any atom is -0.493 e. The van der Waals surface area contributed by atoms with E-state index in [1.807, 2.05) is 0 Å². The van der Waals surface area contributed by atoms with Crippen molar-refractivity contribution in [3.63, 3.8) is 0 Å². The van der Waals surface area contributed by atoms with E-state index < -0.39 is 29.6 Å². The third-order valence-electron chi connectivity index (χ3n) is 6.76. The molecule has 0 radical (unpaired) electrons. The van der Waals surface area contributed by atoms with Gasteiger partial charge in [0.1, 0.15) is 5.69 Å². The van der Waals surface area contributed by atoms with Crippen LogP contribution in [0.15, 0.2) is 86.8 Å². The Morgan fingerprint density at radius 1 is 0.958 bits per heavy atom. The van der Waals surface area contributed by atoms with Crippen molar-refractivity contribution in [1.29, 1.82) is 0 Å². The van der Waals surface area contributed by atoms with E-state index in [1.165, 1.54) is 50.6 Å². The number of benzene rings is 4. The first kappa shape index (κ1) is 34.7. The lowest BCUT2D eigenvalue weighted by molar-refractivity contribution is -0.136. The zero-order valence-corrected chi connectivity index (χ0v) is 28.6. The summed E-state index contributed by atoms with van der Waals surface area (Å²) in [7, 11) is 1.34. The number of aromatic amines is 1. The number of hydrogen-bond acceptors (Lipinski definition) is 7. The molecule has 0 unspecified atom stereocenters. The van der Waals surface area contributed by atoms with Crippen molar-refractivity contribution < 1.29 is 41.8 Å². The maximum atomic E-state index is 13.9. The van der Waals surface area contributed by atoms with Gasteiger partial charge in [0.15, 0.2) is 17.2 Å². The minimum absolute atomic E-state index is 0.0291. The van der Waals surface area contributed by atoms with E-state index >= 15 is 0 Å². The molecule has 0 atom stereocenters. The number of hydrogen-bond donors (Lipinski definition) is 2. The molecule has 246 valence electrons. The molecule has 48 heavy (non-hydrogen) atoms. The number of carbonyl (C=O) groups is 3. The third-order valence-corrected chi connectivity index (χ3v) is 8.14. The Labute approximate surface area is 292 Å². The number of hydrazone groups is 1. The van der Waals surface area contributed by atoms with E-state index in [-0.39, 0.29) is 55.6 Å². The fourth-order valence-electron chi connectivity index (χ4n) is 4.75. The summed E-state index contributed by atoms with van der Waals surface area (Å²) in [5.41, 5.74) is 1.66. The summed E-state index contributed by atoms with van der Waals surface area (Å²) in [5, 5.41) is 4.36. The number of rotatable bonds is 8. The molecule has 0 aliphatic carbocycles. The topological polar surface area (TPSA) is 119 Å². The number of halogens is 6. The van der Waals surface area contributed by atoms with Crippen LogP contribution in [0.4, 0.5) is 13.2 Å². The molecule has 1 amide bonds. The fraction of sp³-hybridized carbons (Fsp3) is 0.0909. The summed E-state index contributed by atoms with van der Waals surface area (Å²) in [4.78, 5) is 40.6. The number of esters is 2. The molecule has 5 rings (SSSR count). The van der Waals surface area contributed by atoms with Crippen molar-refractivity contribution >= 4 is 78.4 Å². The smallest absolute Gasteiger partial charge is 0.418 e. The summed E-state index contributed by atoms with van der Waals surface area (Å²) in [6.45, 7) is 1.22. The van der Waals surface area contributed by atoms with Gasteiger partial charge in [-0.25, -0.2) is 10.2 Å². The van der Waals surface area contributed by atoms with Gasteiger partial charge in [0.2, 0.25) is 0 Å².